The van der Waals surface area contributed by atoms with Crippen LogP contribution in [-0.2, 0) is 13.5 Å². The van der Waals surface area contributed by atoms with Gasteiger partial charge in [-0.15, -0.1) is 0 Å². The van der Waals surface area contributed by atoms with Crippen LogP contribution in [0.3, 0.4) is 0 Å². The first-order valence-corrected chi connectivity index (χ1v) is 7.59. The van der Waals surface area contributed by atoms with Crippen molar-refractivity contribution < 1.29 is 0 Å². The molecule has 108 valence electrons. The lowest BCUT2D eigenvalue weighted by Crippen LogP contribution is -2.39. The molecule has 1 aliphatic heterocycles. The summed E-state index contributed by atoms with van der Waals surface area (Å²) < 4.78 is 2.05. The summed E-state index contributed by atoms with van der Waals surface area (Å²) in [5, 5.41) is 4.63. The second-order valence-corrected chi connectivity index (χ2v) is 5.92. The second-order valence-electron chi connectivity index (χ2n) is 5.92. The molecule has 2 unspecified atom stereocenters. The molecule has 0 aliphatic carbocycles. The van der Waals surface area contributed by atoms with Gasteiger partial charge in [0.05, 0.1) is 5.69 Å². The molecule has 0 aromatic carbocycles. The standard InChI is InChI=1S/C15H28N4/c1-5-13(16)10-14-12(3)17-18(4)15(14)19-9-7-6-8-11(19)2/h11,13H,5-10,16H2,1-4H3. The highest BCUT2D eigenvalue weighted by molar-refractivity contribution is 5.51. The molecule has 1 aromatic heterocycles. The Morgan fingerprint density at radius 1 is 1.42 bits per heavy atom. The summed E-state index contributed by atoms with van der Waals surface area (Å²) in [6.07, 6.45) is 5.87. The third-order valence-corrected chi connectivity index (χ3v) is 4.38. The molecule has 1 aromatic rings. The molecule has 2 heterocycles. The van der Waals surface area contributed by atoms with Crippen LogP contribution in [0, 0.1) is 6.92 Å². The summed E-state index contributed by atoms with van der Waals surface area (Å²) in [7, 11) is 2.06. The Bertz CT molecular complexity index is 424. The van der Waals surface area contributed by atoms with Crippen LogP contribution >= 0.6 is 0 Å². The van der Waals surface area contributed by atoms with Crippen molar-refractivity contribution in [1.82, 2.24) is 9.78 Å². The number of aryl methyl sites for hydroxylation is 2. The molecule has 0 amide bonds. The van der Waals surface area contributed by atoms with Crippen LogP contribution in [0.25, 0.3) is 0 Å². The fourth-order valence-corrected chi connectivity index (χ4v) is 3.11. The van der Waals surface area contributed by atoms with Gasteiger partial charge in [0.2, 0.25) is 0 Å². The summed E-state index contributed by atoms with van der Waals surface area (Å²) in [5.41, 5.74) is 8.65. The van der Waals surface area contributed by atoms with E-state index in [9.17, 15) is 0 Å². The van der Waals surface area contributed by atoms with Crippen molar-refractivity contribution in [2.75, 3.05) is 11.4 Å². The van der Waals surface area contributed by atoms with Gasteiger partial charge in [0.1, 0.15) is 5.82 Å². The van der Waals surface area contributed by atoms with Gasteiger partial charge in [-0.2, -0.15) is 5.10 Å². The van der Waals surface area contributed by atoms with Gasteiger partial charge in [-0.25, -0.2) is 0 Å². The topological polar surface area (TPSA) is 47.1 Å². The Morgan fingerprint density at radius 2 is 2.16 bits per heavy atom. The molecule has 4 heteroatoms. The number of hydrogen-bond donors (Lipinski definition) is 1. The zero-order valence-electron chi connectivity index (χ0n) is 12.8. The smallest absolute Gasteiger partial charge is 0.130 e. The molecule has 1 fully saturated rings. The monoisotopic (exact) mass is 264 g/mol. The van der Waals surface area contributed by atoms with Crippen molar-refractivity contribution in [3.63, 3.8) is 0 Å². The molecule has 0 radical (unpaired) electrons. The quantitative estimate of drug-likeness (QED) is 0.908. The third-order valence-electron chi connectivity index (χ3n) is 4.38. The van der Waals surface area contributed by atoms with Crippen molar-refractivity contribution in [2.45, 2.75) is 65.0 Å². The van der Waals surface area contributed by atoms with Crippen LogP contribution in [-0.4, -0.2) is 28.4 Å². The SMILES string of the molecule is CCC(N)Cc1c(C)nn(C)c1N1CCCCC1C. The number of nitrogens with zero attached hydrogens (tertiary/aromatic N) is 3. The maximum atomic E-state index is 6.16. The lowest BCUT2D eigenvalue weighted by molar-refractivity contribution is 0.472. The van der Waals surface area contributed by atoms with Gasteiger partial charge in [0, 0.05) is 31.2 Å². The van der Waals surface area contributed by atoms with E-state index in [1.165, 1.54) is 30.6 Å². The largest absolute Gasteiger partial charge is 0.354 e. The number of hydrogen-bond acceptors (Lipinski definition) is 3. The van der Waals surface area contributed by atoms with E-state index in [1.807, 2.05) is 0 Å². The Hall–Kier alpha value is -1.03. The zero-order valence-corrected chi connectivity index (χ0v) is 12.8. The number of nitrogens with two attached hydrogens (primary N) is 1. The molecule has 19 heavy (non-hydrogen) atoms. The highest BCUT2D eigenvalue weighted by Crippen LogP contribution is 2.30. The van der Waals surface area contributed by atoms with Crippen LogP contribution in [0.15, 0.2) is 0 Å². The van der Waals surface area contributed by atoms with Crippen molar-refractivity contribution in [3.8, 4) is 0 Å². The Balaban J connectivity index is 2.32. The lowest BCUT2D eigenvalue weighted by atomic mass is 10.0. The molecule has 0 bridgehead atoms. The summed E-state index contributed by atoms with van der Waals surface area (Å²) >= 11 is 0. The minimum absolute atomic E-state index is 0.238. The first-order valence-electron chi connectivity index (χ1n) is 7.59. The Kier molecular flexibility index (Phi) is 4.50. The van der Waals surface area contributed by atoms with Crippen LogP contribution in [0.2, 0.25) is 0 Å². The van der Waals surface area contributed by atoms with E-state index in [0.29, 0.717) is 6.04 Å². The Labute approximate surface area is 117 Å². The van der Waals surface area contributed by atoms with E-state index in [4.69, 9.17) is 5.73 Å². The first kappa shape index (κ1) is 14.4. The maximum Gasteiger partial charge on any atom is 0.130 e. The fraction of sp³-hybridized carbons (Fsp3) is 0.800. The summed E-state index contributed by atoms with van der Waals surface area (Å²) in [6, 6.07) is 0.849. The van der Waals surface area contributed by atoms with Gasteiger partial charge in [-0.1, -0.05) is 6.92 Å². The second kappa shape index (κ2) is 5.95. The molecule has 4 nitrogen and oxygen atoms in total. The van der Waals surface area contributed by atoms with Gasteiger partial charge >= 0.3 is 0 Å². The van der Waals surface area contributed by atoms with E-state index in [0.717, 1.165) is 25.1 Å². The van der Waals surface area contributed by atoms with Gasteiger partial charge in [-0.05, 0) is 46.0 Å². The van der Waals surface area contributed by atoms with Crippen LogP contribution in [0.1, 0.15) is 50.8 Å². The number of anilines is 1. The minimum atomic E-state index is 0.238. The van der Waals surface area contributed by atoms with E-state index in [2.05, 4.69) is 42.5 Å². The number of piperidine rings is 1. The van der Waals surface area contributed by atoms with Crippen LogP contribution in [0.4, 0.5) is 5.82 Å². The normalized spacial score (nSPS) is 21.7. The molecule has 0 spiro atoms. The molecule has 0 saturated carbocycles. The molecule has 2 N–H and O–H groups in total. The van der Waals surface area contributed by atoms with Crippen molar-refractivity contribution in [3.05, 3.63) is 11.3 Å². The summed E-state index contributed by atoms with van der Waals surface area (Å²) in [5.74, 6) is 1.30. The van der Waals surface area contributed by atoms with E-state index in [-0.39, 0.29) is 6.04 Å². The van der Waals surface area contributed by atoms with Crippen LogP contribution in [0.5, 0.6) is 0 Å². The van der Waals surface area contributed by atoms with Crippen molar-refractivity contribution >= 4 is 5.82 Å². The van der Waals surface area contributed by atoms with Crippen molar-refractivity contribution in [2.24, 2.45) is 12.8 Å². The van der Waals surface area contributed by atoms with E-state index >= 15 is 0 Å². The van der Waals surface area contributed by atoms with Gasteiger partial charge in [-0.3, -0.25) is 4.68 Å². The highest BCUT2D eigenvalue weighted by Gasteiger charge is 2.26. The van der Waals surface area contributed by atoms with Gasteiger partial charge in [0.15, 0.2) is 0 Å². The highest BCUT2D eigenvalue weighted by atomic mass is 15.4. The molecule has 2 atom stereocenters. The summed E-state index contributed by atoms with van der Waals surface area (Å²) in [4.78, 5) is 2.53. The fourth-order valence-electron chi connectivity index (χ4n) is 3.11. The molecular weight excluding hydrogens is 236 g/mol. The summed E-state index contributed by atoms with van der Waals surface area (Å²) in [6.45, 7) is 7.73. The van der Waals surface area contributed by atoms with Crippen LogP contribution < -0.4 is 10.6 Å². The predicted octanol–water partition coefficient (Wildman–Crippen LogP) is 2.39. The van der Waals surface area contributed by atoms with Crippen molar-refractivity contribution in [1.29, 1.82) is 0 Å². The number of rotatable bonds is 4. The average molecular weight is 264 g/mol. The maximum absolute atomic E-state index is 6.16. The third kappa shape index (κ3) is 2.94. The average Bonchev–Trinajstić information content (AvgIpc) is 2.65. The van der Waals surface area contributed by atoms with Gasteiger partial charge in [0.25, 0.3) is 0 Å². The molecule has 1 saturated heterocycles. The minimum Gasteiger partial charge on any atom is -0.354 e. The first-order chi connectivity index (χ1) is 9.04. The lowest BCUT2D eigenvalue weighted by Gasteiger charge is -2.36. The molecule has 1 aliphatic rings. The zero-order chi connectivity index (χ0) is 14.0. The van der Waals surface area contributed by atoms with Gasteiger partial charge < -0.3 is 10.6 Å². The van der Waals surface area contributed by atoms with E-state index in [1.54, 1.807) is 0 Å². The van der Waals surface area contributed by atoms with E-state index < -0.39 is 0 Å². The number of aromatic nitrogens is 2. The Morgan fingerprint density at radius 3 is 2.79 bits per heavy atom. The molecule has 2 rings (SSSR count). The predicted molar refractivity (Wildman–Crippen MR) is 80.6 cm³/mol. The molecular formula is C15H28N4.